The number of hydrogen-bond acceptors (Lipinski definition) is 6. The van der Waals surface area contributed by atoms with Crippen LogP contribution in [0.1, 0.15) is 24.3 Å². The van der Waals surface area contributed by atoms with Crippen molar-refractivity contribution in [2.75, 3.05) is 29.4 Å². The van der Waals surface area contributed by atoms with E-state index >= 15 is 0 Å². The fourth-order valence-corrected chi connectivity index (χ4v) is 4.42. The molecule has 0 radical (unpaired) electrons. The van der Waals surface area contributed by atoms with Crippen molar-refractivity contribution in [2.45, 2.75) is 32.2 Å². The highest BCUT2D eigenvalue weighted by Crippen LogP contribution is 2.28. The van der Waals surface area contributed by atoms with Crippen LogP contribution in [0.25, 0.3) is 0 Å². The molecule has 2 fully saturated rings. The number of nitrogens with one attached hydrogen (secondary N) is 1. The average molecular weight is 385 g/mol. The number of hydrogen-bond donors (Lipinski definition) is 1. The summed E-state index contributed by atoms with van der Waals surface area (Å²) >= 11 is 1.38. The molecule has 1 unspecified atom stereocenters. The Hall–Kier alpha value is -2.48. The van der Waals surface area contributed by atoms with Gasteiger partial charge in [-0.15, -0.1) is 10.2 Å². The first-order valence-electron chi connectivity index (χ1n) is 9.31. The maximum absolute atomic E-state index is 12.7. The summed E-state index contributed by atoms with van der Waals surface area (Å²) in [5, 5.41) is 12.5. The van der Waals surface area contributed by atoms with E-state index in [1.807, 2.05) is 25.1 Å². The number of anilines is 2. The maximum atomic E-state index is 12.7. The summed E-state index contributed by atoms with van der Waals surface area (Å²) in [6.45, 7) is 4.10. The minimum Gasteiger partial charge on any atom is -0.371 e. The van der Waals surface area contributed by atoms with Crippen molar-refractivity contribution in [3.63, 3.8) is 0 Å². The lowest BCUT2D eigenvalue weighted by molar-refractivity contribution is -0.127. The van der Waals surface area contributed by atoms with Crippen LogP contribution >= 0.6 is 11.3 Å². The van der Waals surface area contributed by atoms with Crippen LogP contribution in [0.3, 0.4) is 0 Å². The van der Waals surface area contributed by atoms with Gasteiger partial charge in [0.05, 0.1) is 5.92 Å². The summed E-state index contributed by atoms with van der Waals surface area (Å²) in [7, 11) is 0. The Morgan fingerprint density at radius 2 is 1.93 bits per heavy atom. The molecule has 2 aliphatic rings. The molecule has 8 heteroatoms. The molecular formula is C19H23N5O2S. The van der Waals surface area contributed by atoms with Crippen LogP contribution in [0.4, 0.5) is 10.8 Å². The summed E-state index contributed by atoms with van der Waals surface area (Å²) < 4.78 is 0. The molecule has 0 bridgehead atoms. The lowest BCUT2D eigenvalue weighted by atomic mass is 10.0. The smallest absolute Gasteiger partial charge is 0.229 e. The van der Waals surface area contributed by atoms with Gasteiger partial charge in [-0.1, -0.05) is 29.5 Å². The van der Waals surface area contributed by atoms with Crippen molar-refractivity contribution < 1.29 is 9.59 Å². The first kappa shape index (κ1) is 17.9. The quantitative estimate of drug-likeness (QED) is 0.871. The van der Waals surface area contributed by atoms with Crippen molar-refractivity contribution >= 4 is 34.0 Å². The van der Waals surface area contributed by atoms with E-state index < -0.39 is 0 Å². The Labute approximate surface area is 162 Å². The second kappa shape index (κ2) is 7.64. The Morgan fingerprint density at radius 1 is 1.19 bits per heavy atom. The first-order chi connectivity index (χ1) is 13.1. The zero-order valence-corrected chi connectivity index (χ0v) is 16.1. The summed E-state index contributed by atoms with van der Waals surface area (Å²) in [6.07, 6.45) is 2.08. The van der Waals surface area contributed by atoms with Crippen LogP contribution in [0, 0.1) is 12.8 Å². The van der Waals surface area contributed by atoms with Crippen LogP contribution in [0.5, 0.6) is 0 Å². The minimum absolute atomic E-state index is 0.0229. The summed E-state index contributed by atoms with van der Waals surface area (Å²) in [6, 6.07) is 10.5. The van der Waals surface area contributed by atoms with Gasteiger partial charge >= 0.3 is 0 Å². The highest BCUT2D eigenvalue weighted by Gasteiger charge is 2.37. The molecule has 2 aliphatic heterocycles. The van der Waals surface area contributed by atoms with E-state index in [1.165, 1.54) is 17.0 Å². The number of para-hydroxylation sites is 1. The van der Waals surface area contributed by atoms with E-state index in [-0.39, 0.29) is 30.2 Å². The molecule has 1 aromatic carbocycles. The molecule has 0 saturated carbocycles. The zero-order chi connectivity index (χ0) is 18.8. The number of rotatable bonds is 4. The van der Waals surface area contributed by atoms with Crippen LogP contribution in [0.15, 0.2) is 30.3 Å². The van der Waals surface area contributed by atoms with Gasteiger partial charge in [0.25, 0.3) is 0 Å². The molecule has 27 heavy (non-hydrogen) atoms. The fourth-order valence-electron chi connectivity index (χ4n) is 3.70. The average Bonchev–Trinajstić information content (AvgIpc) is 3.28. The molecule has 3 heterocycles. The van der Waals surface area contributed by atoms with Crippen molar-refractivity contribution in [1.29, 1.82) is 0 Å². The third kappa shape index (κ3) is 3.95. The van der Waals surface area contributed by atoms with Crippen LogP contribution in [-0.4, -0.2) is 47.7 Å². The van der Waals surface area contributed by atoms with Crippen LogP contribution in [0.2, 0.25) is 0 Å². The number of amides is 2. The Kier molecular flexibility index (Phi) is 5.07. The van der Waals surface area contributed by atoms with E-state index in [4.69, 9.17) is 0 Å². The number of piperidine rings is 1. The lowest BCUT2D eigenvalue weighted by Gasteiger charge is -2.34. The molecular weight excluding hydrogens is 362 g/mol. The van der Waals surface area contributed by atoms with E-state index in [1.54, 1.807) is 4.90 Å². The predicted molar refractivity (Wildman–Crippen MR) is 105 cm³/mol. The van der Waals surface area contributed by atoms with E-state index in [0.29, 0.717) is 11.7 Å². The molecule has 2 saturated heterocycles. The number of aryl methyl sites for hydroxylation is 1. The Balaban J connectivity index is 1.29. The molecule has 1 aromatic heterocycles. The monoisotopic (exact) mass is 385 g/mol. The van der Waals surface area contributed by atoms with E-state index in [9.17, 15) is 9.59 Å². The lowest BCUT2D eigenvalue weighted by Crippen LogP contribution is -2.46. The van der Waals surface area contributed by atoms with Gasteiger partial charge in [0, 0.05) is 37.8 Å². The number of benzene rings is 1. The third-order valence-corrected chi connectivity index (χ3v) is 6.07. The minimum atomic E-state index is -0.311. The second-order valence-electron chi connectivity index (χ2n) is 7.11. The summed E-state index contributed by atoms with van der Waals surface area (Å²) in [5.41, 5.74) is 1.23. The van der Waals surface area contributed by atoms with Crippen molar-refractivity contribution in [1.82, 2.24) is 15.5 Å². The highest BCUT2D eigenvalue weighted by molar-refractivity contribution is 7.15. The Morgan fingerprint density at radius 3 is 2.59 bits per heavy atom. The van der Waals surface area contributed by atoms with E-state index in [0.717, 1.165) is 30.9 Å². The van der Waals surface area contributed by atoms with E-state index in [2.05, 4.69) is 32.5 Å². The van der Waals surface area contributed by atoms with Gasteiger partial charge in [-0.3, -0.25) is 14.5 Å². The zero-order valence-electron chi connectivity index (χ0n) is 15.3. The van der Waals surface area contributed by atoms with Gasteiger partial charge in [0.2, 0.25) is 16.9 Å². The van der Waals surface area contributed by atoms with Crippen molar-refractivity contribution in [3.8, 4) is 0 Å². The van der Waals surface area contributed by atoms with Gasteiger partial charge < -0.3 is 10.2 Å². The van der Waals surface area contributed by atoms with Gasteiger partial charge in [0.15, 0.2) is 0 Å². The molecule has 1 N–H and O–H groups in total. The van der Waals surface area contributed by atoms with Crippen LogP contribution in [-0.2, 0) is 9.59 Å². The molecule has 2 aromatic rings. The first-order valence-corrected chi connectivity index (χ1v) is 10.1. The van der Waals surface area contributed by atoms with Gasteiger partial charge in [-0.2, -0.15) is 0 Å². The standard InChI is InChI=1S/C19H23N5O2S/c1-13-21-22-19(27-13)24-12-14(11-17(24)25)18(26)20-15-7-9-23(10-8-15)16-5-3-2-4-6-16/h2-6,14-15H,7-12H2,1H3,(H,20,26). The number of nitrogens with zero attached hydrogens (tertiary/aromatic N) is 4. The normalized spacial score (nSPS) is 20.9. The predicted octanol–water partition coefficient (Wildman–Crippen LogP) is 1.98. The van der Waals surface area contributed by atoms with Crippen molar-refractivity contribution in [3.05, 3.63) is 35.3 Å². The highest BCUT2D eigenvalue weighted by atomic mass is 32.1. The number of carbonyl (C=O) groups is 2. The second-order valence-corrected chi connectivity index (χ2v) is 8.27. The molecule has 2 amide bonds. The number of carbonyl (C=O) groups excluding carboxylic acids is 2. The fraction of sp³-hybridized carbons (Fsp3) is 0.474. The van der Waals surface area contributed by atoms with Gasteiger partial charge in [0.1, 0.15) is 5.01 Å². The maximum Gasteiger partial charge on any atom is 0.229 e. The summed E-state index contributed by atoms with van der Waals surface area (Å²) in [4.78, 5) is 28.9. The largest absolute Gasteiger partial charge is 0.371 e. The molecule has 0 aliphatic carbocycles. The number of aromatic nitrogens is 2. The molecule has 1 atom stereocenters. The molecule has 7 nitrogen and oxygen atoms in total. The SMILES string of the molecule is Cc1nnc(N2CC(C(=O)NC3CCN(c4ccccc4)CC3)CC2=O)s1. The van der Waals surface area contributed by atoms with Gasteiger partial charge in [-0.25, -0.2) is 0 Å². The van der Waals surface area contributed by atoms with Gasteiger partial charge in [-0.05, 0) is 31.9 Å². The topological polar surface area (TPSA) is 78.4 Å². The Bertz CT molecular complexity index is 817. The molecule has 142 valence electrons. The van der Waals surface area contributed by atoms with Crippen molar-refractivity contribution in [2.24, 2.45) is 5.92 Å². The molecule has 4 rings (SSSR count). The summed E-state index contributed by atoms with van der Waals surface area (Å²) in [5.74, 6) is -0.385. The third-order valence-electron chi connectivity index (χ3n) is 5.20. The van der Waals surface area contributed by atoms with Crippen LogP contribution < -0.4 is 15.1 Å². The molecule has 0 spiro atoms.